The van der Waals surface area contributed by atoms with E-state index in [1.54, 1.807) is 0 Å². The molecule has 45 valence electrons. The highest BCUT2D eigenvalue weighted by atomic mass is 15.2. The lowest BCUT2D eigenvalue weighted by atomic mass is 10.3. The Hall–Kier alpha value is -0.340. The molecule has 1 rings (SSSR count). The molecule has 1 aliphatic rings. The van der Waals surface area contributed by atoms with Gasteiger partial charge >= 0.3 is 0 Å². The van der Waals surface area contributed by atoms with Crippen LogP contribution in [0.3, 0.4) is 0 Å². The third kappa shape index (κ3) is 1.32. The molecule has 8 heavy (non-hydrogen) atoms. The van der Waals surface area contributed by atoms with Crippen molar-refractivity contribution in [2.75, 3.05) is 13.1 Å². The van der Waals surface area contributed by atoms with E-state index in [9.17, 15) is 0 Å². The highest BCUT2D eigenvalue weighted by Gasteiger charge is 2.10. The number of hydrogen-bond acceptors (Lipinski definition) is 1. The van der Waals surface area contributed by atoms with E-state index in [1.165, 1.54) is 0 Å². The first-order valence-electron chi connectivity index (χ1n) is 2.94. The summed E-state index contributed by atoms with van der Waals surface area (Å²) in [5.74, 6) is 0. The van der Waals surface area contributed by atoms with Crippen LogP contribution in [0.4, 0.5) is 0 Å². The van der Waals surface area contributed by atoms with Gasteiger partial charge in [-0.25, -0.2) is 5.32 Å². The molecule has 0 bridgehead atoms. The molecule has 0 saturated carbocycles. The van der Waals surface area contributed by atoms with E-state index in [2.05, 4.69) is 17.2 Å². The highest BCUT2D eigenvalue weighted by Crippen LogP contribution is 1.93. The normalized spacial score (nSPS) is 21.5. The molecule has 0 aromatic carbocycles. The lowest BCUT2D eigenvalue weighted by Gasteiger charge is -2.02. The first kappa shape index (κ1) is 5.79. The van der Waals surface area contributed by atoms with E-state index < -0.39 is 0 Å². The van der Waals surface area contributed by atoms with E-state index in [-0.39, 0.29) is 0 Å². The van der Waals surface area contributed by atoms with Crippen molar-refractivity contribution in [1.82, 2.24) is 10.6 Å². The van der Waals surface area contributed by atoms with Crippen LogP contribution in [0.15, 0.2) is 12.7 Å². The second-order valence-electron chi connectivity index (χ2n) is 1.90. The molecular weight excluding hydrogens is 100 g/mol. The van der Waals surface area contributed by atoms with Gasteiger partial charge in [0.1, 0.15) is 0 Å². The largest absolute Gasteiger partial charge is 0.299 e. The van der Waals surface area contributed by atoms with Crippen molar-refractivity contribution in [2.45, 2.75) is 12.6 Å². The van der Waals surface area contributed by atoms with Crippen molar-refractivity contribution in [3.63, 3.8) is 0 Å². The molecular formula is C6H11N2. The van der Waals surface area contributed by atoms with E-state index >= 15 is 0 Å². The third-order valence-corrected chi connectivity index (χ3v) is 1.23. The predicted octanol–water partition coefficient (Wildman–Crippen LogP) is 0.0962. The summed E-state index contributed by atoms with van der Waals surface area (Å²) < 4.78 is 0. The van der Waals surface area contributed by atoms with Gasteiger partial charge in [0.2, 0.25) is 0 Å². The molecule has 0 amide bonds. The lowest BCUT2D eigenvalue weighted by molar-refractivity contribution is 0.553. The molecule has 1 saturated heterocycles. The SMILES string of the molecule is C=CCC1[N]CCN1. The summed E-state index contributed by atoms with van der Waals surface area (Å²) in [6.07, 6.45) is 3.24. The van der Waals surface area contributed by atoms with Crippen LogP contribution in [0.1, 0.15) is 6.42 Å². The van der Waals surface area contributed by atoms with Crippen LogP contribution in [0.5, 0.6) is 0 Å². The van der Waals surface area contributed by atoms with Crippen molar-refractivity contribution in [1.29, 1.82) is 0 Å². The molecule has 0 aromatic rings. The van der Waals surface area contributed by atoms with Crippen molar-refractivity contribution < 1.29 is 0 Å². The quantitative estimate of drug-likeness (QED) is 0.502. The van der Waals surface area contributed by atoms with Crippen LogP contribution < -0.4 is 10.6 Å². The molecule has 1 unspecified atom stereocenters. The average molecular weight is 111 g/mol. The van der Waals surface area contributed by atoms with Crippen LogP contribution >= 0.6 is 0 Å². The van der Waals surface area contributed by atoms with Gasteiger partial charge in [0, 0.05) is 13.1 Å². The average Bonchev–Trinajstić information content (AvgIpc) is 2.19. The minimum Gasteiger partial charge on any atom is -0.299 e. The Morgan fingerprint density at radius 1 is 1.88 bits per heavy atom. The Balaban J connectivity index is 2.14. The Morgan fingerprint density at radius 2 is 2.75 bits per heavy atom. The first-order valence-corrected chi connectivity index (χ1v) is 2.94. The van der Waals surface area contributed by atoms with Gasteiger partial charge in [0.15, 0.2) is 0 Å². The molecule has 1 radical (unpaired) electrons. The minimum atomic E-state index is 0.368. The highest BCUT2D eigenvalue weighted by molar-refractivity contribution is 4.79. The molecule has 0 aliphatic carbocycles. The zero-order valence-electron chi connectivity index (χ0n) is 4.93. The van der Waals surface area contributed by atoms with Crippen molar-refractivity contribution >= 4 is 0 Å². The van der Waals surface area contributed by atoms with Gasteiger partial charge in [0.25, 0.3) is 0 Å². The van der Waals surface area contributed by atoms with Gasteiger partial charge < -0.3 is 0 Å². The standard InChI is InChI=1S/C6H11N2/c1-2-3-6-7-4-5-8-6/h2,6-7H,1,3-5H2. The smallest absolute Gasteiger partial charge is 0.0771 e. The fourth-order valence-electron chi connectivity index (χ4n) is 0.832. The van der Waals surface area contributed by atoms with Gasteiger partial charge in [-0.15, -0.1) is 6.58 Å². The molecule has 1 heterocycles. The predicted molar refractivity (Wildman–Crippen MR) is 33.6 cm³/mol. The van der Waals surface area contributed by atoms with E-state index in [0.717, 1.165) is 19.5 Å². The van der Waals surface area contributed by atoms with Crippen LogP contribution in [-0.4, -0.2) is 19.3 Å². The summed E-state index contributed by atoms with van der Waals surface area (Å²) in [6, 6.07) is 0. The maximum absolute atomic E-state index is 4.24. The summed E-state index contributed by atoms with van der Waals surface area (Å²) >= 11 is 0. The monoisotopic (exact) mass is 111 g/mol. The number of hydrogen-bond donors (Lipinski definition) is 1. The molecule has 1 fully saturated rings. The zero-order chi connectivity index (χ0) is 5.82. The third-order valence-electron chi connectivity index (χ3n) is 1.23. The van der Waals surface area contributed by atoms with Crippen LogP contribution in [0, 0.1) is 0 Å². The molecule has 2 nitrogen and oxygen atoms in total. The van der Waals surface area contributed by atoms with Gasteiger partial charge in [-0.1, -0.05) is 6.08 Å². The fraction of sp³-hybridized carbons (Fsp3) is 0.667. The van der Waals surface area contributed by atoms with E-state index in [1.807, 2.05) is 6.08 Å². The summed E-state index contributed by atoms with van der Waals surface area (Å²) in [6.45, 7) is 5.64. The van der Waals surface area contributed by atoms with Gasteiger partial charge in [0.05, 0.1) is 6.17 Å². The summed E-state index contributed by atoms with van der Waals surface area (Å²) in [7, 11) is 0. The maximum atomic E-state index is 4.24. The second-order valence-corrected chi connectivity index (χ2v) is 1.90. The van der Waals surface area contributed by atoms with E-state index in [0.29, 0.717) is 6.17 Å². The van der Waals surface area contributed by atoms with Crippen LogP contribution in [-0.2, 0) is 0 Å². The Kier molecular flexibility index (Phi) is 2.06. The van der Waals surface area contributed by atoms with Crippen LogP contribution in [0.25, 0.3) is 0 Å². The fourth-order valence-corrected chi connectivity index (χ4v) is 0.832. The first-order chi connectivity index (χ1) is 3.93. The maximum Gasteiger partial charge on any atom is 0.0771 e. The number of nitrogens with zero attached hydrogens (tertiary/aromatic N) is 1. The van der Waals surface area contributed by atoms with Gasteiger partial charge in [-0.05, 0) is 6.42 Å². The second kappa shape index (κ2) is 2.84. The van der Waals surface area contributed by atoms with E-state index in [4.69, 9.17) is 0 Å². The number of nitrogens with one attached hydrogen (secondary N) is 1. The Bertz CT molecular complexity index is 74.6. The molecule has 0 spiro atoms. The molecule has 1 aliphatic heterocycles. The topological polar surface area (TPSA) is 26.1 Å². The molecule has 0 aromatic heterocycles. The van der Waals surface area contributed by atoms with Crippen molar-refractivity contribution in [2.24, 2.45) is 0 Å². The van der Waals surface area contributed by atoms with Crippen molar-refractivity contribution in [3.05, 3.63) is 12.7 Å². The number of rotatable bonds is 2. The molecule has 1 atom stereocenters. The summed E-state index contributed by atoms with van der Waals surface area (Å²) in [5.41, 5.74) is 0. The summed E-state index contributed by atoms with van der Waals surface area (Å²) in [5, 5.41) is 7.46. The van der Waals surface area contributed by atoms with Gasteiger partial charge in [-0.3, -0.25) is 5.32 Å². The zero-order valence-corrected chi connectivity index (χ0v) is 4.93. The molecule has 2 heteroatoms. The Morgan fingerprint density at radius 3 is 3.25 bits per heavy atom. The lowest BCUT2D eigenvalue weighted by Crippen LogP contribution is -2.25. The van der Waals surface area contributed by atoms with Gasteiger partial charge in [-0.2, -0.15) is 0 Å². The van der Waals surface area contributed by atoms with Crippen LogP contribution in [0.2, 0.25) is 0 Å². The summed E-state index contributed by atoms with van der Waals surface area (Å²) in [4.78, 5) is 0. The molecule has 1 N–H and O–H groups in total. The van der Waals surface area contributed by atoms with Crippen molar-refractivity contribution in [3.8, 4) is 0 Å². The minimum absolute atomic E-state index is 0.368. The Labute approximate surface area is 50.0 Å².